The number of nitrogens with two attached hydrogens (primary N) is 1. The van der Waals surface area contributed by atoms with Crippen molar-refractivity contribution in [3.8, 4) is 17.1 Å². The molecule has 136 valence electrons. The lowest BCUT2D eigenvalue weighted by Crippen LogP contribution is -2.15. The summed E-state index contributed by atoms with van der Waals surface area (Å²) >= 11 is 0. The number of nitrogen functional groups attached to an aromatic ring is 1. The Morgan fingerprint density at radius 2 is 2.07 bits per heavy atom. The van der Waals surface area contributed by atoms with Gasteiger partial charge in [-0.2, -0.15) is 4.98 Å². The minimum Gasteiger partial charge on any atom is -0.489 e. The number of benzene rings is 2. The summed E-state index contributed by atoms with van der Waals surface area (Å²) in [6, 6.07) is 10.2. The fourth-order valence-corrected chi connectivity index (χ4v) is 3.80. The lowest BCUT2D eigenvalue weighted by Gasteiger charge is -2.19. The second-order valence-electron chi connectivity index (χ2n) is 7.34. The zero-order chi connectivity index (χ0) is 18.0. The smallest absolute Gasteiger partial charge is 0.292 e. The van der Waals surface area contributed by atoms with Crippen LogP contribution in [0.25, 0.3) is 33.5 Å². The highest BCUT2D eigenvalue weighted by Gasteiger charge is 2.23. The largest absolute Gasteiger partial charge is 0.489 e. The lowest BCUT2D eigenvalue weighted by molar-refractivity contribution is 0.288. The molecular formula is C20H19N5O2. The first-order valence-corrected chi connectivity index (χ1v) is 9.32. The molecule has 6 rings (SSSR count). The molecule has 7 heteroatoms. The van der Waals surface area contributed by atoms with Crippen LogP contribution in [0.15, 0.2) is 34.7 Å². The Balaban J connectivity index is 1.48. The fourth-order valence-electron chi connectivity index (χ4n) is 3.80. The highest BCUT2D eigenvalue weighted by molar-refractivity contribution is 5.91. The number of hydrogen-bond donors (Lipinski definition) is 2. The Labute approximate surface area is 155 Å². The van der Waals surface area contributed by atoms with Crippen molar-refractivity contribution in [2.45, 2.75) is 19.4 Å². The van der Waals surface area contributed by atoms with Crippen molar-refractivity contribution in [1.29, 1.82) is 0 Å². The van der Waals surface area contributed by atoms with Gasteiger partial charge in [0.2, 0.25) is 0 Å². The van der Waals surface area contributed by atoms with Crippen molar-refractivity contribution < 1.29 is 9.15 Å². The van der Waals surface area contributed by atoms with Gasteiger partial charge < -0.3 is 24.8 Å². The Hall–Kier alpha value is -3.22. The molecule has 1 aliphatic heterocycles. The van der Waals surface area contributed by atoms with E-state index in [2.05, 4.69) is 27.0 Å². The van der Waals surface area contributed by atoms with Crippen LogP contribution in [0.5, 0.6) is 5.75 Å². The number of nitrogens with zero attached hydrogens (tertiary/aromatic N) is 3. The molecular weight excluding hydrogens is 342 g/mol. The number of hydrogen-bond acceptors (Lipinski definition) is 6. The van der Waals surface area contributed by atoms with Crippen LogP contribution >= 0.6 is 0 Å². The molecule has 0 unspecified atom stereocenters. The molecule has 27 heavy (non-hydrogen) atoms. The molecule has 1 saturated carbocycles. The van der Waals surface area contributed by atoms with Crippen molar-refractivity contribution in [1.82, 2.24) is 14.5 Å². The Bertz CT molecular complexity index is 1190. The van der Waals surface area contributed by atoms with Crippen molar-refractivity contribution >= 4 is 33.8 Å². The first-order valence-electron chi connectivity index (χ1n) is 9.32. The summed E-state index contributed by atoms with van der Waals surface area (Å²) in [4.78, 5) is 9.17. The Kier molecular flexibility index (Phi) is 2.97. The van der Waals surface area contributed by atoms with Gasteiger partial charge in [-0.25, -0.2) is 4.98 Å². The molecule has 4 aromatic rings. The summed E-state index contributed by atoms with van der Waals surface area (Å²) < 4.78 is 13.5. The third kappa shape index (κ3) is 2.42. The molecule has 2 aliphatic rings. The van der Waals surface area contributed by atoms with E-state index in [1.807, 2.05) is 18.2 Å². The molecule has 0 saturated heterocycles. The zero-order valence-corrected chi connectivity index (χ0v) is 14.7. The van der Waals surface area contributed by atoms with E-state index in [4.69, 9.17) is 19.9 Å². The van der Waals surface area contributed by atoms with Crippen LogP contribution in [0.1, 0.15) is 12.8 Å². The van der Waals surface area contributed by atoms with Crippen LogP contribution in [0.2, 0.25) is 0 Å². The van der Waals surface area contributed by atoms with E-state index in [0.717, 1.165) is 58.4 Å². The quantitative estimate of drug-likeness (QED) is 0.577. The maximum Gasteiger partial charge on any atom is 0.292 e. The minimum absolute atomic E-state index is 0.179. The fraction of sp³-hybridized carbons (Fsp3) is 0.300. The maximum absolute atomic E-state index is 5.94. The third-order valence-corrected chi connectivity index (χ3v) is 5.33. The van der Waals surface area contributed by atoms with E-state index in [1.165, 1.54) is 12.8 Å². The first kappa shape index (κ1) is 14.9. The van der Waals surface area contributed by atoms with E-state index in [0.29, 0.717) is 12.2 Å². The number of anilines is 2. The summed E-state index contributed by atoms with van der Waals surface area (Å²) in [5, 5.41) is 3.53. The molecule has 7 nitrogen and oxygen atoms in total. The molecule has 0 radical (unpaired) electrons. The molecule has 0 atom stereocenters. The second-order valence-corrected chi connectivity index (χ2v) is 7.34. The topological polar surface area (TPSA) is 91.1 Å². The molecule has 3 N–H and O–H groups in total. The second kappa shape index (κ2) is 5.39. The molecule has 1 fully saturated rings. The summed E-state index contributed by atoms with van der Waals surface area (Å²) in [5.41, 5.74) is 11.2. The molecule has 3 heterocycles. The van der Waals surface area contributed by atoms with Gasteiger partial charge in [0.1, 0.15) is 29.2 Å². The van der Waals surface area contributed by atoms with Crippen molar-refractivity contribution in [2.75, 3.05) is 24.2 Å². The van der Waals surface area contributed by atoms with Gasteiger partial charge >= 0.3 is 0 Å². The predicted octanol–water partition coefficient (Wildman–Crippen LogP) is 3.64. The van der Waals surface area contributed by atoms with Gasteiger partial charge in [-0.3, -0.25) is 0 Å². The highest BCUT2D eigenvalue weighted by Crippen LogP contribution is 2.37. The standard InChI is InChI=1S/C20H19N5O2/c21-20-24-14-7-12(3-4-16(14)27-20)19-23-15-8-13(22-10-11-1-2-11)9-17-18(15)25(19)5-6-26-17/h3-4,7-9,11,22H,1-2,5-6,10H2,(H2,21,24). The van der Waals surface area contributed by atoms with Gasteiger partial charge in [-0.15, -0.1) is 0 Å². The van der Waals surface area contributed by atoms with E-state index < -0.39 is 0 Å². The molecule has 0 spiro atoms. The van der Waals surface area contributed by atoms with Gasteiger partial charge in [0, 0.05) is 23.9 Å². The Morgan fingerprint density at radius 3 is 2.96 bits per heavy atom. The van der Waals surface area contributed by atoms with Gasteiger partial charge in [0.25, 0.3) is 6.01 Å². The van der Waals surface area contributed by atoms with Gasteiger partial charge in [-0.05, 0) is 43.0 Å². The number of fused-ring (bicyclic) bond motifs is 1. The highest BCUT2D eigenvalue weighted by atomic mass is 16.5. The van der Waals surface area contributed by atoms with Crippen LogP contribution in [-0.2, 0) is 6.54 Å². The van der Waals surface area contributed by atoms with Crippen LogP contribution in [0, 0.1) is 5.92 Å². The third-order valence-electron chi connectivity index (χ3n) is 5.33. The average molecular weight is 361 g/mol. The molecule has 0 amide bonds. The van der Waals surface area contributed by atoms with Crippen molar-refractivity contribution in [3.05, 3.63) is 30.3 Å². The average Bonchev–Trinajstić information content (AvgIpc) is 3.32. The number of nitrogens with one attached hydrogen (secondary N) is 1. The lowest BCUT2D eigenvalue weighted by atomic mass is 10.2. The molecule has 1 aliphatic carbocycles. The Morgan fingerprint density at radius 1 is 1.15 bits per heavy atom. The monoisotopic (exact) mass is 361 g/mol. The maximum atomic E-state index is 5.94. The number of ether oxygens (including phenoxy) is 1. The van der Waals surface area contributed by atoms with Crippen LogP contribution in [-0.4, -0.2) is 27.7 Å². The zero-order valence-electron chi connectivity index (χ0n) is 14.7. The van der Waals surface area contributed by atoms with Crippen molar-refractivity contribution in [2.24, 2.45) is 5.92 Å². The van der Waals surface area contributed by atoms with E-state index in [-0.39, 0.29) is 6.01 Å². The molecule has 2 aromatic heterocycles. The normalized spacial score (nSPS) is 16.0. The summed E-state index contributed by atoms with van der Waals surface area (Å²) in [6.07, 6.45) is 2.65. The van der Waals surface area contributed by atoms with E-state index in [9.17, 15) is 0 Å². The SMILES string of the molecule is Nc1nc2cc(-c3nc4cc(NCC5CC5)cc5c4n3CCO5)ccc2o1. The summed E-state index contributed by atoms with van der Waals surface area (Å²) in [5.74, 6) is 2.62. The summed E-state index contributed by atoms with van der Waals surface area (Å²) in [7, 11) is 0. The number of rotatable bonds is 4. The first-order chi connectivity index (χ1) is 13.2. The van der Waals surface area contributed by atoms with Gasteiger partial charge in [0.05, 0.1) is 12.1 Å². The minimum atomic E-state index is 0.179. The number of imidazole rings is 1. The van der Waals surface area contributed by atoms with Crippen LogP contribution < -0.4 is 15.8 Å². The predicted molar refractivity (Wildman–Crippen MR) is 104 cm³/mol. The summed E-state index contributed by atoms with van der Waals surface area (Å²) in [6.45, 7) is 2.42. The van der Waals surface area contributed by atoms with Crippen LogP contribution in [0.3, 0.4) is 0 Å². The van der Waals surface area contributed by atoms with Crippen molar-refractivity contribution in [3.63, 3.8) is 0 Å². The molecule has 2 aromatic carbocycles. The van der Waals surface area contributed by atoms with Gasteiger partial charge in [-0.1, -0.05) is 0 Å². The number of oxazole rings is 1. The van der Waals surface area contributed by atoms with Gasteiger partial charge in [0.15, 0.2) is 5.58 Å². The van der Waals surface area contributed by atoms with E-state index in [1.54, 1.807) is 0 Å². The van der Waals surface area contributed by atoms with Crippen LogP contribution in [0.4, 0.5) is 11.7 Å². The number of aromatic nitrogens is 3. The van der Waals surface area contributed by atoms with E-state index >= 15 is 0 Å². The molecule has 0 bridgehead atoms.